The molecule has 1 aromatic rings. The van der Waals surface area contributed by atoms with Crippen LogP contribution in [-0.4, -0.2) is 73.3 Å². The summed E-state index contributed by atoms with van der Waals surface area (Å²) in [4.78, 5) is 8.11. The first-order chi connectivity index (χ1) is 13.3. The monoisotopic (exact) mass is 443 g/mol. The number of rotatable bonds is 5. The number of hydrogen-bond acceptors (Lipinski definition) is 5. The summed E-state index contributed by atoms with van der Waals surface area (Å²) in [5.74, 6) is 2.79. The predicted octanol–water partition coefficient (Wildman–Crippen LogP) is 3.64. The molecule has 3 heterocycles. The molecule has 29 heavy (non-hydrogen) atoms. The molecule has 1 saturated carbocycles. The summed E-state index contributed by atoms with van der Waals surface area (Å²) < 4.78 is 10.9. The van der Waals surface area contributed by atoms with Crippen LogP contribution >= 0.6 is 24.8 Å². The van der Waals surface area contributed by atoms with Gasteiger partial charge in [0, 0.05) is 51.9 Å². The van der Waals surface area contributed by atoms with Crippen molar-refractivity contribution in [2.24, 2.45) is 5.92 Å². The molecule has 1 atom stereocenters. The van der Waals surface area contributed by atoms with Crippen LogP contribution in [0.3, 0.4) is 0 Å². The molecule has 0 N–H and O–H groups in total. The van der Waals surface area contributed by atoms with Gasteiger partial charge in [0.1, 0.15) is 0 Å². The van der Waals surface area contributed by atoms with Crippen molar-refractivity contribution >= 4 is 24.8 Å². The van der Waals surface area contributed by atoms with Gasteiger partial charge in [0.05, 0.1) is 0 Å². The zero-order valence-corrected chi connectivity index (χ0v) is 18.9. The van der Waals surface area contributed by atoms with E-state index in [-0.39, 0.29) is 24.8 Å². The average molecular weight is 444 g/mol. The minimum absolute atomic E-state index is 0. The molecule has 164 valence electrons. The van der Waals surface area contributed by atoms with Crippen LogP contribution < -0.4 is 9.47 Å². The number of likely N-dealkylation sites (tertiary alicyclic amines) is 1. The van der Waals surface area contributed by atoms with Gasteiger partial charge in [0.15, 0.2) is 11.5 Å². The van der Waals surface area contributed by atoms with Gasteiger partial charge >= 0.3 is 0 Å². The van der Waals surface area contributed by atoms with E-state index in [0.29, 0.717) is 6.79 Å². The Kier molecular flexibility index (Phi) is 8.34. The number of ether oxygens (including phenoxy) is 2. The van der Waals surface area contributed by atoms with Gasteiger partial charge in [-0.05, 0) is 55.8 Å². The van der Waals surface area contributed by atoms with E-state index >= 15 is 0 Å². The molecule has 0 aromatic heterocycles. The third kappa shape index (κ3) is 5.50. The lowest BCUT2D eigenvalue weighted by Gasteiger charge is -2.44. The van der Waals surface area contributed by atoms with E-state index in [4.69, 9.17) is 9.47 Å². The highest BCUT2D eigenvalue weighted by molar-refractivity contribution is 5.85. The lowest BCUT2D eigenvalue weighted by Crippen LogP contribution is -2.55. The highest BCUT2D eigenvalue weighted by Gasteiger charge is 2.30. The van der Waals surface area contributed by atoms with Crippen LogP contribution in [0.4, 0.5) is 0 Å². The van der Waals surface area contributed by atoms with E-state index in [1.165, 1.54) is 83.5 Å². The molecule has 4 aliphatic rings. The average Bonchev–Trinajstić information content (AvgIpc) is 3.13. The smallest absolute Gasteiger partial charge is 0.231 e. The Bertz CT molecular complexity index is 651. The van der Waals surface area contributed by atoms with Crippen LogP contribution in [0.5, 0.6) is 11.5 Å². The molecular weight excluding hydrogens is 409 g/mol. The number of hydrogen-bond donors (Lipinski definition) is 0. The molecule has 1 aliphatic carbocycles. The Morgan fingerprint density at radius 3 is 2.38 bits per heavy atom. The van der Waals surface area contributed by atoms with Gasteiger partial charge in [-0.2, -0.15) is 0 Å². The standard InChI is InChI=1S/C22H33N3O2.2ClH/c1-3-18(4-1)14-24-8-2-5-20(16-24)25-11-9-23(10-12-25)15-19-6-7-21-22(13-19)27-17-26-21;;/h6-7,13,18,20H,1-5,8-12,14-17H2;2*1H. The Morgan fingerprint density at radius 1 is 0.828 bits per heavy atom. The summed E-state index contributed by atoms with van der Waals surface area (Å²) in [5.41, 5.74) is 1.33. The van der Waals surface area contributed by atoms with Gasteiger partial charge in [-0.15, -0.1) is 24.8 Å². The molecule has 5 nitrogen and oxygen atoms in total. The van der Waals surface area contributed by atoms with E-state index < -0.39 is 0 Å². The maximum Gasteiger partial charge on any atom is 0.231 e. The first-order valence-corrected chi connectivity index (χ1v) is 10.9. The third-order valence-corrected chi connectivity index (χ3v) is 6.99. The zero-order valence-electron chi connectivity index (χ0n) is 17.3. The van der Waals surface area contributed by atoms with Crippen LogP contribution in [0.25, 0.3) is 0 Å². The van der Waals surface area contributed by atoms with Gasteiger partial charge in [-0.1, -0.05) is 12.5 Å². The second-order valence-electron chi connectivity index (χ2n) is 8.85. The Morgan fingerprint density at radius 2 is 1.62 bits per heavy atom. The van der Waals surface area contributed by atoms with Crippen LogP contribution in [0.2, 0.25) is 0 Å². The van der Waals surface area contributed by atoms with Gasteiger partial charge in [-0.3, -0.25) is 9.80 Å². The molecule has 0 amide bonds. The summed E-state index contributed by atoms with van der Waals surface area (Å²) in [7, 11) is 0. The molecule has 0 radical (unpaired) electrons. The second kappa shape index (κ2) is 10.5. The first kappa shape index (κ1) is 23.0. The topological polar surface area (TPSA) is 28.2 Å². The molecule has 1 unspecified atom stereocenters. The molecule has 3 fully saturated rings. The number of piperidine rings is 1. The van der Waals surface area contributed by atoms with Crippen LogP contribution in [0.15, 0.2) is 18.2 Å². The molecule has 0 spiro atoms. The van der Waals surface area contributed by atoms with Gasteiger partial charge in [0.25, 0.3) is 0 Å². The molecule has 5 rings (SSSR count). The predicted molar refractivity (Wildman–Crippen MR) is 121 cm³/mol. The lowest BCUT2D eigenvalue weighted by molar-refractivity contribution is 0.0405. The maximum atomic E-state index is 5.52. The highest BCUT2D eigenvalue weighted by atomic mass is 35.5. The third-order valence-electron chi connectivity index (χ3n) is 6.99. The number of halogens is 2. The molecule has 2 saturated heterocycles. The molecular formula is C22H35Cl2N3O2. The molecule has 1 aromatic carbocycles. The van der Waals surface area contributed by atoms with Crippen molar-refractivity contribution in [2.75, 3.05) is 52.6 Å². The summed E-state index contributed by atoms with van der Waals surface area (Å²) in [6, 6.07) is 7.16. The quantitative estimate of drug-likeness (QED) is 0.692. The zero-order chi connectivity index (χ0) is 18.1. The fourth-order valence-corrected chi connectivity index (χ4v) is 5.12. The largest absolute Gasteiger partial charge is 0.454 e. The van der Waals surface area contributed by atoms with Crippen LogP contribution in [-0.2, 0) is 6.54 Å². The minimum atomic E-state index is 0. The van der Waals surface area contributed by atoms with E-state index in [0.717, 1.165) is 30.0 Å². The van der Waals surface area contributed by atoms with Crippen molar-refractivity contribution in [3.63, 3.8) is 0 Å². The van der Waals surface area contributed by atoms with Gasteiger partial charge in [0.2, 0.25) is 6.79 Å². The van der Waals surface area contributed by atoms with Crippen molar-refractivity contribution < 1.29 is 9.47 Å². The molecule has 0 bridgehead atoms. The van der Waals surface area contributed by atoms with Crippen LogP contribution in [0, 0.1) is 5.92 Å². The number of nitrogens with zero attached hydrogens (tertiary/aromatic N) is 3. The van der Waals surface area contributed by atoms with E-state index in [1.54, 1.807) is 0 Å². The van der Waals surface area contributed by atoms with Gasteiger partial charge < -0.3 is 14.4 Å². The first-order valence-electron chi connectivity index (χ1n) is 10.9. The summed E-state index contributed by atoms with van der Waals surface area (Å²) >= 11 is 0. The molecule has 3 aliphatic heterocycles. The normalized spacial score (nSPS) is 25.7. The second-order valence-corrected chi connectivity index (χ2v) is 8.85. The fourth-order valence-electron chi connectivity index (χ4n) is 5.12. The van der Waals surface area contributed by atoms with Crippen molar-refractivity contribution in [2.45, 2.75) is 44.7 Å². The number of fused-ring (bicyclic) bond motifs is 1. The van der Waals surface area contributed by atoms with Gasteiger partial charge in [-0.25, -0.2) is 0 Å². The SMILES string of the molecule is Cl.Cl.c1cc2c(cc1CN1CCN(C3CCCN(CC4CCC4)C3)CC1)OCO2. The van der Waals surface area contributed by atoms with Crippen molar-refractivity contribution in [3.8, 4) is 11.5 Å². The van der Waals surface area contributed by atoms with E-state index in [9.17, 15) is 0 Å². The fraction of sp³-hybridized carbons (Fsp3) is 0.727. The highest BCUT2D eigenvalue weighted by Crippen LogP contribution is 2.33. The van der Waals surface area contributed by atoms with Crippen molar-refractivity contribution in [3.05, 3.63) is 23.8 Å². The van der Waals surface area contributed by atoms with Crippen molar-refractivity contribution in [1.82, 2.24) is 14.7 Å². The van der Waals surface area contributed by atoms with Crippen LogP contribution in [0.1, 0.15) is 37.7 Å². The Hall–Kier alpha value is -0.720. The van der Waals surface area contributed by atoms with Crippen molar-refractivity contribution in [1.29, 1.82) is 0 Å². The lowest BCUT2D eigenvalue weighted by atomic mass is 9.84. The summed E-state index contributed by atoms with van der Waals surface area (Å²) in [6.45, 7) is 10.1. The Balaban J connectivity index is 0.00000120. The molecule has 7 heteroatoms. The van der Waals surface area contributed by atoms with E-state index in [2.05, 4.69) is 26.8 Å². The summed E-state index contributed by atoms with van der Waals surface area (Å²) in [5, 5.41) is 0. The number of piperazine rings is 1. The minimum Gasteiger partial charge on any atom is -0.454 e. The maximum absolute atomic E-state index is 5.52. The number of benzene rings is 1. The summed E-state index contributed by atoms with van der Waals surface area (Å²) in [6.07, 6.45) is 7.19. The Labute approximate surface area is 187 Å². The van der Waals surface area contributed by atoms with E-state index in [1.807, 2.05) is 6.07 Å².